The molecule has 5 nitrogen and oxygen atoms in total. The van der Waals surface area contributed by atoms with Gasteiger partial charge >= 0.3 is 0 Å². The summed E-state index contributed by atoms with van der Waals surface area (Å²) in [6, 6.07) is 16.6. The van der Waals surface area contributed by atoms with E-state index in [1.807, 2.05) is 17.5 Å². The first-order valence-electron chi connectivity index (χ1n) is 10.8. The second-order valence-electron chi connectivity index (χ2n) is 8.23. The van der Waals surface area contributed by atoms with Gasteiger partial charge in [0, 0.05) is 36.3 Å². The molecule has 0 atom stereocenters. The van der Waals surface area contributed by atoms with Crippen molar-refractivity contribution in [2.75, 3.05) is 31.6 Å². The Hall–Kier alpha value is -2.54. The maximum atomic E-state index is 12.5. The topological polar surface area (TPSA) is 54.5 Å². The highest BCUT2D eigenvalue weighted by Crippen LogP contribution is 2.25. The zero-order valence-electron chi connectivity index (χ0n) is 18.1. The van der Waals surface area contributed by atoms with Gasteiger partial charge in [-0.1, -0.05) is 44.2 Å². The number of morpholine rings is 1. The van der Waals surface area contributed by atoms with Gasteiger partial charge in [-0.25, -0.2) is 4.98 Å². The molecular formula is C25H29N3O2S. The molecule has 0 bridgehead atoms. The van der Waals surface area contributed by atoms with E-state index in [2.05, 4.69) is 60.5 Å². The van der Waals surface area contributed by atoms with Gasteiger partial charge < -0.3 is 10.1 Å². The molecular weight excluding hydrogens is 406 g/mol. The maximum Gasteiger partial charge on any atom is 0.230 e. The lowest BCUT2D eigenvalue weighted by molar-refractivity contribution is -0.115. The summed E-state index contributed by atoms with van der Waals surface area (Å²) in [5.41, 5.74) is 5.26. The van der Waals surface area contributed by atoms with Crippen LogP contribution in [0, 0.1) is 0 Å². The summed E-state index contributed by atoms with van der Waals surface area (Å²) in [7, 11) is 0. The van der Waals surface area contributed by atoms with E-state index in [-0.39, 0.29) is 12.3 Å². The molecule has 1 saturated heterocycles. The molecule has 2 heterocycles. The molecule has 1 aromatic heterocycles. The van der Waals surface area contributed by atoms with Gasteiger partial charge in [-0.3, -0.25) is 9.69 Å². The number of carbonyl (C=O) groups is 1. The number of carbonyl (C=O) groups excluding carboxylic acids is 1. The van der Waals surface area contributed by atoms with Gasteiger partial charge in [0.1, 0.15) is 5.01 Å². The predicted octanol–water partition coefficient (Wildman–Crippen LogP) is 4.95. The van der Waals surface area contributed by atoms with E-state index in [9.17, 15) is 4.79 Å². The standard InChI is InChI=1S/C25H29N3O2S/c1-18(2)20-6-8-22(9-7-20)26-24(29)15-23-17-31-25(27-23)21-5-3-4-19(14-21)16-28-10-12-30-13-11-28/h3-9,14,17-18H,10-13,15-16H2,1-2H3,(H,26,29). The maximum absolute atomic E-state index is 12.5. The lowest BCUT2D eigenvalue weighted by Gasteiger charge is -2.26. The summed E-state index contributed by atoms with van der Waals surface area (Å²) < 4.78 is 5.43. The number of ether oxygens (including phenoxy) is 1. The average Bonchev–Trinajstić information content (AvgIpc) is 3.23. The third-order valence-electron chi connectivity index (χ3n) is 5.44. The van der Waals surface area contributed by atoms with E-state index in [4.69, 9.17) is 9.72 Å². The largest absolute Gasteiger partial charge is 0.379 e. The lowest BCUT2D eigenvalue weighted by Crippen LogP contribution is -2.35. The molecule has 1 N–H and O–H groups in total. The van der Waals surface area contributed by atoms with Crippen molar-refractivity contribution in [3.8, 4) is 10.6 Å². The van der Waals surface area contributed by atoms with Gasteiger partial charge in [-0.05, 0) is 35.2 Å². The summed E-state index contributed by atoms with van der Waals surface area (Å²) in [6.07, 6.45) is 0.274. The molecule has 31 heavy (non-hydrogen) atoms. The van der Waals surface area contributed by atoms with E-state index in [0.717, 1.165) is 54.8 Å². The van der Waals surface area contributed by atoms with E-state index in [1.54, 1.807) is 11.3 Å². The summed E-state index contributed by atoms with van der Waals surface area (Å²) in [4.78, 5) is 19.6. The Kier molecular flexibility index (Phi) is 7.12. The van der Waals surface area contributed by atoms with Crippen LogP contribution < -0.4 is 5.32 Å². The number of rotatable bonds is 7. The fraction of sp³-hybridized carbons (Fsp3) is 0.360. The zero-order chi connectivity index (χ0) is 21.6. The molecule has 0 spiro atoms. The van der Waals surface area contributed by atoms with E-state index in [0.29, 0.717) is 5.92 Å². The SMILES string of the molecule is CC(C)c1ccc(NC(=O)Cc2csc(-c3cccc(CN4CCOCC4)c3)n2)cc1. The fourth-order valence-electron chi connectivity index (χ4n) is 3.66. The Morgan fingerprint density at radius 1 is 1.16 bits per heavy atom. The van der Waals surface area contributed by atoms with Crippen LogP contribution in [0.3, 0.4) is 0 Å². The summed E-state index contributed by atoms with van der Waals surface area (Å²) in [6.45, 7) is 8.80. The number of hydrogen-bond acceptors (Lipinski definition) is 5. The third kappa shape index (κ3) is 6.00. The normalized spacial score (nSPS) is 14.7. The van der Waals surface area contributed by atoms with Gasteiger partial charge in [0.05, 0.1) is 25.3 Å². The van der Waals surface area contributed by atoms with Crippen molar-refractivity contribution in [1.29, 1.82) is 0 Å². The molecule has 6 heteroatoms. The first-order chi connectivity index (χ1) is 15.1. The van der Waals surface area contributed by atoms with Crippen molar-refractivity contribution in [2.45, 2.75) is 32.7 Å². The molecule has 3 aromatic rings. The Morgan fingerprint density at radius 3 is 2.68 bits per heavy atom. The van der Waals surface area contributed by atoms with Gasteiger partial charge in [0.2, 0.25) is 5.91 Å². The number of nitrogens with one attached hydrogen (secondary N) is 1. The Balaban J connectivity index is 1.36. The number of anilines is 1. The van der Waals surface area contributed by atoms with Crippen LogP contribution in [0.1, 0.15) is 36.6 Å². The molecule has 1 aliphatic heterocycles. The highest BCUT2D eigenvalue weighted by atomic mass is 32.1. The highest BCUT2D eigenvalue weighted by Gasteiger charge is 2.13. The molecule has 1 aliphatic rings. The number of benzene rings is 2. The summed E-state index contributed by atoms with van der Waals surface area (Å²) >= 11 is 1.59. The van der Waals surface area contributed by atoms with E-state index >= 15 is 0 Å². The minimum Gasteiger partial charge on any atom is -0.379 e. The van der Waals surface area contributed by atoms with Crippen molar-refractivity contribution in [3.05, 3.63) is 70.7 Å². The van der Waals surface area contributed by atoms with Crippen molar-refractivity contribution in [2.24, 2.45) is 0 Å². The first kappa shape index (κ1) is 21.7. The van der Waals surface area contributed by atoms with Crippen LogP contribution in [0.15, 0.2) is 53.9 Å². The smallest absolute Gasteiger partial charge is 0.230 e. The number of aromatic nitrogens is 1. The van der Waals surface area contributed by atoms with Gasteiger partial charge in [0.25, 0.3) is 0 Å². The van der Waals surface area contributed by atoms with Gasteiger partial charge in [-0.2, -0.15) is 0 Å². The summed E-state index contributed by atoms with van der Waals surface area (Å²) in [5.74, 6) is 0.431. The second kappa shape index (κ2) is 10.2. The van der Waals surface area contributed by atoms with Gasteiger partial charge in [-0.15, -0.1) is 11.3 Å². The Morgan fingerprint density at radius 2 is 1.94 bits per heavy atom. The third-order valence-corrected chi connectivity index (χ3v) is 6.38. The van der Waals surface area contributed by atoms with Crippen LogP contribution >= 0.6 is 11.3 Å². The lowest BCUT2D eigenvalue weighted by atomic mass is 10.0. The number of thiazole rings is 1. The molecule has 0 radical (unpaired) electrons. The molecule has 0 saturated carbocycles. The van der Waals surface area contributed by atoms with Crippen LogP contribution in [0.4, 0.5) is 5.69 Å². The quantitative estimate of drug-likeness (QED) is 0.571. The van der Waals surface area contributed by atoms with Crippen molar-refractivity contribution >= 4 is 22.9 Å². The minimum absolute atomic E-state index is 0.0461. The Bertz CT molecular complexity index is 1010. The highest BCUT2D eigenvalue weighted by molar-refractivity contribution is 7.13. The van der Waals surface area contributed by atoms with E-state index < -0.39 is 0 Å². The number of hydrogen-bond donors (Lipinski definition) is 1. The number of amides is 1. The van der Waals surface area contributed by atoms with Crippen LogP contribution in [-0.4, -0.2) is 42.1 Å². The predicted molar refractivity (Wildman–Crippen MR) is 127 cm³/mol. The van der Waals surface area contributed by atoms with E-state index in [1.165, 1.54) is 11.1 Å². The second-order valence-corrected chi connectivity index (χ2v) is 9.09. The molecule has 2 aromatic carbocycles. The number of nitrogens with zero attached hydrogens (tertiary/aromatic N) is 2. The van der Waals surface area contributed by atoms with Crippen LogP contribution in [0.25, 0.3) is 10.6 Å². The van der Waals surface area contributed by atoms with Crippen molar-refractivity contribution in [3.63, 3.8) is 0 Å². The van der Waals surface area contributed by atoms with Gasteiger partial charge in [0.15, 0.2) is 0 Å². The fourth-order valence-corrected chi connectivity index (χ4v) is 4.48. The Labute approximate surface area is 188 Å². The molecule has 0 aliphatic carbocycles. The molecule has 4 rings (SSSR count). The molecule has 1 amide bonds. The average molecular weight is 436 g/mol. The van der Waals surface area contributed by atoms with Crippen LogP contribution in [0.5, 0.6) is 0 Å². The van der Waals surface area contributed by atoms with Crippen LogP contribution in [-0.2, 0) is 22.5 Å². The first-order valence-corrected chi connectivity index (χ1v) is 11.7. The summed E-state index contributed by atoms with van der Waals surface area (Å²) in [5, 5.41) is 5.90. The minimum atomic E-state index is -0.0461. The monoisotopic (exact) mass is 435 g/mol. The van der Waals surface area contributed by atoms with Crippen molar-refractivity contribution in [1.82, 2.24) is 9.88 Å². The van der Waals surface area contributed by atoms with Crippen molar-refractivity contribution < 1.29 is 9.53 Å². The molecule has 1 fully saturated rings. The zero-order valence-corrected chi connectivity index (χ0v) is 19.0. The molecule has 162 valence electrons. The molecule has 0 unspecified atom stereocenters. The van der Waals surface area contributed by atoms with Crippen LogP contribution in [0.2, 0.25) is 0 Å².